The lowest BCUT2D eigenvalue weighted by Crippen LogP contribution is -2.39. The molecule has 1 aromatic heterocycles. The molecule has 0 saturated carbocycles. The maximum atomic E-state index is 11.8. The van der Waals surface area contributed by atoms with Crippen LogP contribution in [0.2, 0.25) is 0 Å². The molecule has 8 heteroatoms. The van der Waals surface area contributed by atoms with Gasteiger partial charge in [-0.15, -0.1) is 0 Å². The van der Waals surface area contributed by atoms with Gasteiger partial charge < -0.3 is 14.5 Å². The van der Waals surface area contributed by atoms with Gasteiger partial charge in [-0.05, 0) is 53.9 Å². The van der Waals surface area contributed by atoms with Gasteiger partial charge in [-0.2, -0.15) is 0 Å². The highest BCUT2D eigenvalue weighted by atomic mass is 32.2. The second kappa shape index (κ2) is 10.7. The van der Waals surface area contributed by atoms with Gasteiger partial charge in [0.05, 0.1) is 4.90 Å². The van der Waals surface area contributed by atoms with Crippen LogP contribution in [-0.2, 0) is 22.7 Å². The SMILES string of the molecule is CS(=O)(=O)c1ccc(N2CCc3c(OC4CCN(c5ncc(Cc6ccccc6)cn5)CC4)cccc32)cc1. The summed E-state index contributed by atoms with van der Waals surface area (Å²) in [6.45, 7) is 2.55. The molecule has 2 aliphatic heterocycles. The Balaban J connectivity index is 1.07. The third kappa shape index (κ3) is 5.61. The third-order valence-corrected chi connectivity index (χ3v) is 8.65. The van der Waals surface area contributed by atoms with Crippen LogP contribution in [0.1, 0.15) is 29.5 Å². The number of fused-ring (bicyclic) bond motifs is 1. The zero-order valence-electron chi connectivity index (χ0n) is 22.0. The zero-order chi connectivity index (χ0) is 26.8. The molecule has 1 saturated heterocycles. The quantitative estimate of drug-likeness (QED) is 0.318. The topological polar surface area (TPSA) is 75.6 Å². The maximum absolute atomic E-state index is 11.8. The summed E-state index contributed by atoms with van der Waals surface area (Å²) in [4.78, 5) is 14.1. The molecular weight excluding hydrogens is 508 g/mol. The Hall–Kier alpha value is -3.91. The fraction of sp³-hybridized carbons (Fsp3) is 0.290. The Morgan fingerprint density at radius 3 is 2.26 bits per heavy atom. The van der Waals surface area contributed by atoms with Crippen molar-refractivity contribution in [3.05, 3.63) is 102 Å². The molecule has 3 aromatic carbocycles. The fourth-order valence-corrected chi connectivity index (χ4v) is 6.07. The normalized spacial score (nSPS) is 15.8. The molecule has 3 heterocycles. The fourth-order valence-electron chi connectivity index (χ4n) is 5.44. The summed E-state index contributed by atoms with van der Waals surface area (Å²) >= 11 is 0. The molecule has 2 aliphatic rings. The first kappa shape index (κ1) is 25.4. The number of rotatable bonds is 7. The van der Waals surface area contributed by atoms with Gasteiger partial charge in [0.1, 0.15) is 11.9 Å². The highest BCUT2D eigenvalue weighted by molar-refractivity contribution is 7.90. The van der Waals surface area contributed by atoms with E-state index in [1.165, 1.54) is 17.4 Å². The molecule has 0 atom stereocenters. The monoisotopic (exact) mass is 540 g/mol. The van der Waals surface area contributed by atoms with Crippen LogP contribution in [0.3, 0.4) is 0 Å². The Labute approximate surface area is 230 Å². The van der Waals surface area contributed by atoms with E-state index in [4.69, 9.17) is 4.74 Å². The minimum absolute atomic E-state index is 0.146. The maximum Gasteiger partial charge on any atom is 0.225 e. The second-order valence-corrected chi connectivity index (χ2v) is 12.3. The van der Waals surface area contributed by atoms with Crippen LogP contribution in [0, 0.1) is 0 Å². The van der Waals surface area contributed by atoms with Crippen LogP contribution in [-0.4, -0.2) is 50.4 Å². The van der Waals surface area contributed by atoms with Crippen molar-refractivity contribution in [3.63, 3.8) is 0 Å². The number of benzene rings is 3. The minimum atomic E-state index is -3.21. The summed E-state index contributed by atoms with van der Waals surface area (Å²) in [5.41, 5.74) is 5.69. The Morgan fingerprint density at radius 1 is 0.846 bits per heavy atom. The first-order valence-electron chi connectivity index (χ1n) is 13.4. The molecule has 0 radical (unpaired) electrons. The summed E-state index contributed by atoms with van der Waals surface area (Å²) in [7, 11) is -3.21. The smallest absolute Gasteiger partial charge is 0.225 e. The van der Waals surface area contributed by atoms with Crippen LogP contribution in [0.5, 0.6) is 5.75 Å². The van der Waals surface area contributed by atoms with Gasteiger partial charge in [-0.1, -0.05) is 36.4 Å². The van der Waals surface area contributed by atoms with E-state index in [1.807, 2.05) is 36.7 Å². The highest BCUT2D eigenvalue weighted by Gasteiger charge is 2.27. The lowest BCUT2D eigenvalue weighted by molar-refractivity contribution is 0.169. The van der Waals surface area contributed by atoms with E-state index in [1.54, 1.807) is 12.1 Å². The number of sulfone groups is 1. The van der Waals surface area contributed by atoms with Gasteiger partial charge in [-0.25, -0.2) is 18.4 Å². The van der Waals surface area contributed by atoms with E-state index in [9.17, 15) is 8.42 Å². The summed E-state index contributed by atoms with van der Waals surface area (Å²) in [5, 5.41) is 0. The first-order chi connectivity index (χ1) is 18.9. The number of anilines is 3. The first-order valence-corrected chi connectivity index (χ1v) is 15.3. The van der Waals surface area contributed by atoms with Gasteiger partial charge in [-0.3, -0.25) is 0 Å². The van der Waals surface area contributed by atoms with Crippen LogP contribution in [0.4, 0.5) is 17.3 Å². The molecule has 0 amide bonds. The number of aromatic nitrogens is 2. The average molecular weight is 541 g/mol. The van der Waals surface area contributed by atoms with E-state index in [0.717, 1.165) is 74.0 Å². The predicted molar refractivity (Wildman–Crippen MR) is 154 cm³/mol. The predicted octanol–water partition coefficient (Wildman–Crippen LogP) is 5.21. The van der Waals surface area contributed by atoms with Gasteiger partial charge in [0, 0.05) is 74.5 Å². The van der Waals surface area contributed by atoms with Crippen molar-refractivity contribution in [2.24, 2.45) is 0 Å². The summed E-state index contributed by atoms with van der Waals surface area (Å²) < 4.78 is 30.2. The van der Waals surface area contributed by atoms with E-state index in [0.29, 0.717) is 4.90 Å². The van der Waals surface area contributed by atoms with Crippen LogP contribution in [0.25, 0.3) is 0 Å². The molecule has 4 aromatic rings. The van der Waals surface area contributed by atoms with Gasteiger partial charge in [0.15, 0.2) is 9.84 Å². The number of nitrogens with zero attached hydrogens (tertiary/aromatic N) is 4. The second-order valence-electron chi connectivity index (χ2n) is 10.3. The number of ether oxygens (including phenoxy) is 1. The van der Waals surface area contributed by atoms with E-state index in [-0.39, 0.29) is 6.10 Å². The van der Waals surface area contributed by atoms with Crippen molar-refractivity contribution in [2.75, 3.05) is 35.7 Å². The Bertz CT molecular complexity index is 1530. The molecule has 39 heavy (non-hydrogen) atoms. The summed E-state index contributed by atoms with van der Waals surface area (Å²) in [6, 6.07) is 23.7. The Morgan fingerprint density at radius 2 is 1.56 bits per heavy atom. The van der Waals surface area contributed by atoms with Gasteiger partial charge in [0.25, 0.3) is 0 Å². The van der Waals surface area contributed by atoms with Crippen molar-refractivity contribution in [2.45, 2.75) is 36.7 Å². The number of piperidine rings is 1. The lowest BCUT2D eigenvalue weighted by atomic mass is 10.1. The lowest BCUT2D eigenvalue weighted by Gasteiger charge is -2.32. The molecular formula is C31H32N4O3S. The third-order valence-electron chi connectivity index (χ3n) is 7.52. The molecule has 0 unspecified atom stereocenters. The van der Waals surface area contributed by atoms with Gasteiger partial charge >= 0.3 is 0 Å². The number of hydrogen-bond donors (Lipinski definition) is 0. The molecule has 0 spiro atoms. The Kier molecular flexibility index (Phi) is 6.95. The van der Waals surface area contributed by atoms with Crippen molar-refractivity contribution in [3.8, 4) is 5.75 Å². The molecule has 7 nitrogen and oxygen atoms in total. The molecule has 1 fully saturated rings. The minimum Gasteiger partial charge on any atom is -0.490 e. The standard InChI is InChI=1S/C31H32N4O3S/c1-39(36,37)27-12-10-25(11-13-27)35-19-16-28-29(35)8-5-9-30(28)38-26-14-17-34(18-15-26)31-32-21-24(22-33-31)20-23-6-3-2-4-7-23/h2-13,21-22,26H,14-20H2,1H3. The largest absolute Gasteiger partial charge is 0.490 e. The van der Waals surface area contributed by atoms with Crippen LogP contribution < -0.4 is 14.5 Å². The van der Waals surface area contributed by atoms with Crippen LogP contribution in [0.15, 0.2) is 90.1 Å². The summed E-state index contributed by atoms with van der Waals surface area (Å²) in [6.07, 6.45) is 8.80. The molecule has 0 N–H and O–H groups in total. The highest BCUT2D eigenvalue weighted by Crippen LogP contribution is 2.40. The van der Waals surface area contributed by atoms with E-state index < -0.39 is 9.84 Å². The van der Waals surface area contributed by atoms with Crippen molar-refractivity contribution in [1.29, 1.82) is 0 Å². The van der Waals surface area contributed by atoms with E-state index >= 15 is 0 Å². The zero-order valence-corrected chi connectivity index (χ0v) is 22.8. The molecule has 6 rings (SSSR count). The molecule has 0 bridgehead atoms. The van der Waals surface area contributed by atoms with Crippen molar-refractivity contribution >= 4 is 27.2 Å². The van der Waals surface area contributed by atoms with Crippen molar-refractivity contribution in [1.82, 2.24) is 9.97 Å². The van der Waals surface area contributed by atoms with E-state index in [2.05, 4.69) is 56.2 Å². The van der Waals surface area contributed by atoms with Crippen LogP contribution >= 0.6 is 0 Å². The summed E-state index contributed by atoms with van der Waals surface area (Å²) in [5.74, 6) is 1.73. The molecule has 0 aliphatic carbocycles. The van der Waals surface area contributed by atoms with Gasteiger partial charge in [0.2, 0.25) is 5.95 Å². The number of hydrogen-bond acceptors (Lipinski definition) is 7. The van der Waals surface area contributed by atoms with Crippen molar-refractivity contribution < 1.29 is 13.2 Å². The molecule has 200 valence electrons. The average Bonchev–Trinajstić information content (AvgIpc) is 3.39.